The molecule has 19 heavy (non-hydrogen) atoms. The van der Waals surface area contributed by atoms with Crippen LogP contribution in [0.4, 0.5) is 5.69 Å². The molecule has 2 N–H and O–H groups in total. The molecule has 7 heteroatoms. The van der Waals surface area contributed by atoms with Gasteiger partial charge in [-0.3, -0.25) is 0 Å². The molecule has 0 fully saturated rings. The summed E-state index contributed by atoms with van der Waals surface area (Å²) < 4.78 is 16.3. The van der Waals surface area contributed by atoms with Gasteiger partial charge in [0.25, 0.3) is 0 Å². The van der Waals surface area contributed by atoms with Gasteiger partial charge < -0.3 is 19.9 Å². The van der Waals surface area contributed by atoms with Crippen molar-refractivity contribution in [3.05, 3.63) is 28.9 Å². The van der Waals surface area contributed by atoms with E-state index in [-0.39, 0.29) is 6.01 Å². The quantitative estimate of drug-likeness (QED) is 0.870. The smallest absolute Gasteiger partial charge is 0.325 e. The molecule has 2 aromatic rings. The highest BCUT2D eigenvalue weighted by atomic mass is 79.9. The molecule has 0 aliphatic heterocycles. The van der Waals surface area contributed by atoms with Crippen LogP contribution in [0, 0.1) is 0 Å². The van der Waals surface area contributed by atoms with Gasteiger partial charge in [0.2, 0.25) is 5.88 Å². The average Bonchev–Trinajstić information content (AvgIpc) is 2.43. The molecular formula is C12H12BrN3O3. The van der Waals surface area contributed by atoms with E-state index >= 15 is 0 Å². The lowest BCUT2D eigenvalue weighted by Gasteiger charge is -2.09. The first-order valence-electron chi connectivity index (χ1n) is 5.32. The van der Waals surface area contributed by atoms with E-state index in [0.29, 0.717) is 27.5 Å². The SMILES string of the molecule is COc1ccc(N)c(Oc2ncc(Br)c(OC)n2)c1. The molecule has 0 saturated heterocycles. The third-order valence-electron chi connectivity index (χ3n) is 2.31. The molecule has 0 radical (unpaired) electrons. The Labute approximate surface area is 118 Å². The van der Waals surface area contributed by atoms with Gasteiger partial charge in [-0.15, -0.1) is 0 Å². The standard InChI is InChI=1S/C12H12BrN3O3/c1-17-7-3-4-9(14)10(5-7)19-12-15-6-8(13)11(16-12)18-2/h3-6H,14H2,1-2H3. The molecule has 1 heterocycles. The van der Waals surface area contributed by atoms with Crippen LogP contribution < -0.4 is 19.9 Å². The second kappa shape index (κ2) is 5.75. The maximum absolute atomic E-state index is 5.82. The van der Waals surface area contributed by atoms with E-state index in [4.69, 9.17) is 19.9 Å². The van der Waals surface area contributed by atoms with Gasteiger partial charge in [0.1, 0.15) is 5.75 Å². The lowest BCUT2D eigenvalue weighted by molar-refractivity contribution is 0.372. The van der Waals surface area contributed by atoms with Crippen molar-refractivity contribution in [1.29, 1.82) is 0 Å². The van der Waals surface area contributed by atoms with Crippen LogP contribution >= 0.6 is 15.9 Å². The first kappa shape index (κ1) is 13.4. The Bertz CT molecular complexity index is 592. The van der Waals surface area contributed by atoms with Gasteiger partial charge >= 0.3 is 6.01 Å². The van der Waals surface area contributed by atoms with Crippen molar-refractivity contribution in [3.8, 4) is 23.4 Å². The van der Waals surface area contributed by atoms with Crippen molar-refractivity contribution < 1.29 is 14.2 Å². The molecule has 0 aliphatic carbocycles. The molecule has 2 rings (SSSR count). The van der Waals surface area contributed by atoms with E-state index in [1.165, 1.54) is 13.3 Å². The van der Waals surface area contributed by atoms with Gasteiger partial charge in [0.05, 0.1) is 30.6 Å². The van der Waals surface area contributed by atoms with E-state index < -0.39 is 0 Å². The summed E-state index contributed by atoms with van der Waals surface area (Å²) in [6, 6.07) is 5.22. The summed E-state index contributed by atoms with van der Waals surface area (Å²) in [7, 11) is 3.07. The fourth-order valence-electron chi connectivity index (χ4n) is 1.36. The molecule has 100 valence electrons. The number of rotatable bonds is 4. The fourth-order valence-corrected chi connectivity index (χ4v) is 1.71. The molecule has 1 aromatic carbocycles. The number of nitrogen functional groups attached to an aromatic ring is 1. The van der Waals surface area contributed by atoms with Gasteiger partial charge in [0.15, 0.2) is 5.75 Å². The number of methoxy groups -OCH3 is 2. The zero-order chi connectivity index (χ0) is 13.8. The predicted molar refractivity (Wildman–Crippen MR) is 73.8 cm³/mol. The fraction of sp³-hybridized carbons (Fsp3) is 0.167. The number of hydrogen-bond donors (Lipinski definition) is 1. The van der Waals surface area contributed by atoms with Crippen molar-refractivity contribution in [2.24, 2.45) is 0 Å². The highest BCUT2D eigenvalue weighted by molar-refractivity contribution is 9.10. The van der Waals surface area contributed by atoms with E-state index in [2.05, 4.69) is 25.9 Å². The Kier molecular flexibility index (Phi) is 4.06. The molecule has 0 amide bonds. The minimum atomic E-state index is 0.139. The summed E-state index contributed by atoms with van der Waals surface area (Å²) in [4.78, 5) is 8.11. The van der Waals surface area contributed by atoms with Gasteiger partial charge in [-0.05, 0) is 28.1 Å². The molecule has 1 aromatic heterocycles. The summed E-state index contributed by atoms with van der Waals surface area (Å²) in [5.74, 6) is 1.43. The maximum atomic E-state index is 5.82. The largest absolute Gasteiger partial charge is 0.497 e. The summed E-state index contributed by atoms with van der Waals surface area (Å²) in [6.45, 7) is 0. The summed E-state index contributed by atoms with van der Waals surface area (Å²) in [5, 5.41) is 0. The molecule has 0 atom stereocenters. The van der Waals surface area contributed by atoms with Crippen molar-refractivity contribution >= 4 is 21.6 Å². The molecule has 0 bridgehead atoms. The van der Waals surface area contributed by atoms with Gasteiger partial charge in [-0.25, -0.2) is 4.98 Å². The first-order chi connectivity index (χ1) is 9.13. The minimum Gasteiger partial charge on any atom is -0.497 e. The Balaban J connectivity index is 2.30. The molecule has 0 aliphatic rings. The maximum Gasteiger partial charge on any atom is 0.325 e. The van der Waals surface area contributed by atoms with E-state index in [0.717, 1.165) is 0 Å². The topological polar surface area (TPSA) is 79.5 Å². The Hall–Kier alpha value is -2.02. The number of aromatic nitrogens is 2. The monoisotopic (exact) mass is 325 g/mol. The van der Waals surface area contributed by atoms with Crippen LogP contribution in [0.25, 0.3) is 0 Å². The number of anilines is 1. The number of hydrogen-bond acceptors (Lipinski definition) is 6. The van der Waals surface area contributed by atoms with Crippen LogP contribution in [0.2, 0.25) is 0 Å². The van der Waals surface area contributed by atoms with Gasteiger partial charge in [-0.2, -0.15) is 4.98 Å². The van der Waals surface area contributed by atoms with Crippen LogP contribution in [0.15, 0.2) is 28.9 Å². The summed E-state index contributed by atoms with van der Waals surface area (Å²) >= 11 is 3.26. The second-order valence-electron chi connectivity index (χ2n) is 3.52. The number of nitrogens with zero attached hydrogens (tertiary/aromatic N) is 2. The zero-order valence-corrected chi connectivity index (χ0v) is 12.0. The van der Waals surface area contributed by atoms with Crippen LogP contribution in [0.1, 0.15) is 0 Å². The number of halogens is 1. The minimum absolute atomic E-state index is 0.139. The zero-order valence-electron chi connectivity index (χ0n) is 10.4. The molecular weight excluding hydrogens is 314 g/mol. The highest BCUT2D eigenvalue weighted by Gasteiger charge is 2.09. The van der Waals surface area contributed by atoms with Crippen molar-refractivity contribution in [3.63, 3.8) is 0 Å². The summed E-state index contributed by atoms with van der Waals surface area (Å²) in [5.41, 5.74) is 6.28. The van der Waals surface area contributed by atoms with Crippen LogP contribution in [-0.2, 0) is 0 Å². The lowest BCUT2D eigenvalue weighted by atomic mass is 10.3. The number of nitrogens with two attached hydrogens (primary N) is 1. The molecule has 0 spiro atoms. The second-order valence-corrected chi connectivity index (χ2v) is 4.37. The van der Waals surface area contributed by atoms with E-state index in [1.54, 1.807) is 25.3 Å². The number of ether oxygens (including phenoxy) is 3. The van der Waals surface area contributed by atoms with Gasteiger partial charge in [-0.1, -0.05) is 0 Å². The molecule has 6 nitrogen and oxygen atoms in total. The van der Waals surface area contributed by atoms with Crippen LogP contribution in [0.3, 0.4) is 0 Å². The highest BCUT2D eigenvalue weighted by Crippen LogP contribution is 2.31. The predicted octanol–water partition coefficient (Wildman–Crippen LogP) is 2.63. The molecule has 0 saturated carbocycles. The Morgan fingerprint density at radius 3 is 2.68 bits per heavy atom. The third kappa shape index (κ3) is 3.05. The lowest BCUT2D eigenvalue weighted by Crippen LogP contribution is -1.98. The number of benzene rings is 1. The van der Waals surface area contributed by atoms with Crippen molar-refractivity contribution in [1.82, 2.24) is 9.97 Å². The normalized spacial score (nSPS) is 10.1. The van der Waals surface area contributed by atoms with Gasteiger partial charge in [0, 0.05) is 6.07 Å². The van der Waals surface area contributed by atoms with Crippen LogP contribution in [-0.4, -0.2) is 24.2 Å². The van der Waals surface area contributed by atoms with Crippen LogP contribution in [0.5, 0.6) is 23.4 Å². The Morgan fingerprint density at radius 2 is 2.00 bits per heavy atom. The first-order valence-corrected chi connectivity index (χ1v) is 6.11. The van der Waals surface area contributed by atoms with Crippen molar-refractivity contribution in [2.45, 2.75) is 0 Å². The van der Waals surface area contributed by atoms with E-state index in [1.807, 2.05) is 0 Å². The average molecular weight is 326 g/mol. The Morgan fingerprint density at radius 1 is 1.21 bits per heavy atom. The third-order valence-corrected chi connectivity index (χ3v) is 2.85. The molecule has 0 unspecified atom stereocenters. The summed E-state index contributed by atoms with van der Waals surface area (Å²) in [6.07, 6.45) is 1.54. The van der Waals surface area contributed by atoms with Crippen molar-refractivity contribution in [2.75, 3.05) is 20.0 Å². The van der Waals surface area contributed by atoms with E-state index in [9.17, 15) is 0 Å².